The van der Waals surface area contributed by atoms with Gasteiger partial charge < -0.3 is 8.83 Å². The minimum atomic E-state index is -3.70. The first kappa shape index (κ1) is 20.7. The van der Waals surface area contributed by atoms with E-state index in [-0.39, 0.29) is 51.8 Å². The number of nitrogens with one attached hydrogen (secondary N) is 1. The molecule has 1 amide bonds. The van der Waals surface area contributed by atoms with Crippen molar-refractivity contribution in [3.8, 4) is 0 Å². The molecule has 1 N–H and O–H groups in total. The van der Waals surface area contributed by atoms with Crippen LogP contribution < -0.4 is 11.1 Å². The van der Waals surface area contributed by atoms with Gasteiger partial charge in [-0.25, -0.2) is 13.2 Å². The maximum absolute atomic E-state index is 12.7. The molecular weight excluding hydrogens is 426 g/mol. The van der Waals surface area contributed by atoms with E-state index in [1.165, 1.54) is 19.1 Å². The van der Waals surface area contributed by atoms with E-state index in [4.69, 9.17) is 20.4 Å². The Morgan fingerprint density at radius 2 is 2.00 bits per heavy atom. The molecule has 0 saturated carbocycles. The van der Waals surface area contributed by atoms with Gasteiger partial charge in [0.05, 0.1) is 22.1 Å². The summed E-state index contributed by atoms with van der Waals surface area (Å²) in [5, 5.41) is 13.4. The van der Waals surface area contributed by atoms with Gasteiger partial charge in [-0.05, 0) is 0 Å². The molecule has 2 heterocycles. The van der Waals surface area contributed by atoms with Gasteiger partial charge in [0.15, 0.2) is 9.84 Å². The summed E-state index contributed by atoms with van der Waals surface area (Å²) < 4.78 is 35.5. The summed E-state index contributed by atoms with van der Waals surface area (Å²) in [5.74, 6) is -1.12. The molecule has 29 heavy (non-hydrogen) atoms. The number of allylic oxidation sites excluding steroid dienone is 4. The van der Waals surface area contributed by atoms with Crippen molar-refractivity contribution in [2.24, 2.45) is 0 Å². The topological polar surface area (TPSA) is 150 Å². The molecule has 0 saturated heterocycles. The molecular formula is C16H16ClN5O6S. The molecule has 0 radical (unpaired) electrons. The Morgan fingerprint density at radius 1 is 1.28 bits per heavy atom. The zero-order valence-electron chi connectivity index (χ0n) is 15.6. The molecule has 0 unspecified atom stereocenters. The highest BCUT2D eigenvalue weighted by Gasteiger charge is 2.27. The maximum atomic E-state index is 12.7. The summed E-state index contributed by atoms with van der Waals surface area (Å²) in [4.78, 5) is 24.5. The van der Waals surface area contributed by atoms with Crippen molar-refractivity contribution in [3.05, 3.63) is 55.6 Å². The molecule has 1 aliphatic rings. The minimum absolute atomic E-state index is 0.0214. The number of nitrogens with zero attached hydrogens (tertiary/aromatic N) is 4. The number of aromatic nitrogens is 4. The fourth-order valence-electron chi connectivity index (χ4n) is 2.64. The number of halogens is 1. The lowest BCUT2D eigenvalue weighted by atomic mass is 10.1. The van der Waals surface area contributed by atoms with E-state index in [9.17, 15) is 18.0 Å². The van der Waals surface area contributed by atoms with Crippen LogP contribution in [0.25, 0.3) is 0 Å². The minimum Gasteiger partial charge on any atom is -0.408 e. The molecule has 3 rings (SSSR count). The van der Waals surface area contributed by atoms with Gasteiger partial charge >= 0.3 is 11.8 Å². The van der Waals surface area contributed by atoms with Crippen LogP contribution in [0.2, 0.25) is 0 Å². The SMILES string of the molecule is Cc1nnc(NC(=O)C2=C(Cl)C(Cn3nc(C)oc3=O)=C(S(C)(=O)=O)CC=C2)o1. The predicted molar refractivity (Wildman–Crippen MR) is 102 cm³/mol. The highest BCUT2D eigenvalue weighted by molar-refractivity contribution is 7.94. The van der Waals surface area contributed by atoms with Gasteiger partial charge in [-0.2, -0.15) is 4.68 Å². The van der Waals surface area contributed by atoms with Crippen molar-refractivity contribution in [2.45, 2.75) is 26.8 Å². The quantitative estimate of drug-likeness (QED) is 0.722. The largest absolute Gasteiger partial charge is 0.437 e. The summed E-state index contributed by atoms with van der Waals surface area (Å²) in [7, 11) is -3.70. The van der Waals surface area contributed by atoms with Crippen LogP contribution in [0.4, 0.5) is 6.01 Å². The van der Waals surface area contributed by atoms with E-state index in [2.05, 4.69) is 20.6 Å². The number of amides is 1. The smallest absolute Gasteiger partial charge is 0.408 e. The number of sulfone groups is 1. The molecule has 0 spiro atoms. The van der Waals surface area contributed by atoms with Crippen molar-refractivity contribution >= 4 is 33.4 Å². The van der Waals surface area contributed by atoms with Crippen molar-refractivity contribution in [2.75, 3.05) is 11.6 Å². The van der Waals surface area contributed by atoms with Gasteiger partial charge in [0.1, 0.15) is 0 Å². The average Bonchev–Trinajstić information content (AvgIpc) is 3.10. The summed E-state index contributed by atoms with van der Waals surface area (Å²) in [6.45, 7) is 2.73. The van der Waals surface area contributed by atoms with Gasteiger partial charge in [0, 0.05) is 32.1 Å². The monoisotopic (exact) mass is 441 g/mol. The van der Waals surface area contributed by atoms with E-state index in [1.807, 2.05) is 0 Å². The number of rotatable bonds is 5. The van der Waals surface area contributed by atoms with Crippen molar-refractivity contribution in [1.82, 2.24) is 20.0 Å². The standard InChI is InChI=1S/C16H16ClN5O6S/c1-8-19-20-15(27-8)18-14(23)10-5-4-6-12(29(3,25)26)11(13(10)17)7-22-16(24)28-9(2)21-22/h4-5H,6-7H2,1-3H3,(H,18,20,23). The summed E-state index contributed by atoms with van der Waals surface area (Å²) in [5.41, 5.74) is 0.0193. The van der Waals surface area contributed by atoms with Gasteiger partial charge in [0.25, 0.3) is 5.91 Å². The van der Waals surface area contributed by atoms with E-state index in [0.717, 1.165) is 10.9 Å². The fraction of sp³-hybridized carbons (Fsp3) is 0.312. The van der Waals surface area contributed by atoms with Crippen molar-refractivity contribution in [1.29, 1.82) is 0 Å². The Kier molecular flexibility index (Phi) is 5.57. The Balaban J connectivity index is 2.08. The molecule has 154 valence electrons. The molecule has 11 nitrogen and oxygen atoms in total. The summed E-state index contributed by atoms with van der Waals surface area (Å²) in [6.07, 6.45) is 3.86. The maximum Gasteiger partial charge on any atom is 0.437 e. The van der Waals surface area contributed by atoms with Crippen LogP contribution in [0.1, 0.15) is 18.2 Å². The van der Waals surface area contributed by atoms with Crippen LogP contribution in [-0.2, 0) is 21.2 Å². The summed E-state index contributed by atoms with van der Waals surface area (Å²) in [6, 6.07) is -0.140. The van der Waals surface area contributed by atoms with Crippen LogP contribution in [-0.4, -0.2) is 40.6 Å². The highest BCUT2D eigenvalue weighted by Crippen LogP contribution is 2.32. The van der Waals surface area contributed by atoms with Crippen molar-refractivity contribution in [3.63, 3.8) is 0 Å². The third-order valence-electron chi connectivity index (χ3n) is 3.88. The molecule has 0 bridgehead atoms. The fourth-order valence-corrected chi connectivity index (χ4v) is 4.04. The van der Waals surface area contributed by atoms with Crippen LogP contribution in [0.3, 0.4) is 0 Å². The lowest BCUT2D eigenvalue weighted by Gasteiger charge is -2.12. The van der Waals surface area contributed by atoms with Crippen LogP contribution in [0.15, 0.2) is 46.9 Å². The molecule has 2 aromatic heterocycles. The van der Waals surface area contributed by atoms with E-state index in [0.29, 0.717) is 0 Å². The lowest BCUT2D eigenvalue weighted by Crippen LogP contribution is -2.21. The number of carbonyl (C=O) groups excluding carboxylic acids is 1. The Hall–Kier alpha value is -2.99. The number of anilines is 1. The van der Waals surface area contributed by atoms with Crippen LogP contribution >= 0.6 is 11.6 Å². The van der Waals surface area contributed by atoms with Crippen molar-refractivity contribution < 1.29 is 22.0 Å². The zero-order valence-corrected chi connectivity index (χ0v) is 17.2. The first-order valence-electron chi connectivity index (χ1n) is 8.21. The highest BCUT2D eigenvalue weighted by atomic mass is 35.5. The molecule has 0 fully saturated rings. The molecule has 1 aliphatic carbocycles. The van der Waals surface area contributed by atoms with Gasteiger partial charge in [-0.3, -0.25) is 10.1 Å². The van der Waals surface area contributed by atoms with Gasteiger partial charge in [0.2, 0.25) is 11.8 Å². The number of aryl methyl sites for hydroxylation is 2. The van der Waals surface area contributed by atoms with E-state index >= 15 is 0 Å². The van der Waals surface area contributed by atoms with Gasteiger partial charge in [-0.15, -0.1) is 10.2 Å². The second-order valence-corrected chi connectivity index (χ2v) is 8.55. The zero-order chi connectivity index (χ0) is 21.3. The Morgan fingerprint density at radius 3 is 2.55 bits per heavy atom. The molecule has 13 heteroatoms. The number of hydrogen-bond donors (Lipinski definition) is 1. The van der Waals surface area contributed by atoms with Crippen LogP contribution in [0, 0.1) is 13.8 Å². The summed E-state index contributed by atoms with van der Waals surface area (Å²) >= 11 is 6.43. The third-order valence-corrected chi connectivity index (χ3v) is 5.62. The van der Waals surface area contributed by atoms with E-state index in [1.54, 1.807) is 6.92 Å². The third kappa shape index (κ3) is 4.54. The first-order chi connectivity index (χ1) is 13.6. The second-order valence-electron chi connectivity index (χ2n) is 6.13. The number of carbonyl (C=O) groups is 1. The Bertz CT molecular complexity index is 1230. The average molecular weight is 442 g/mol. The Labute approximate surface area is 169 Å². The second kappa shape index (κ2) is 7.79. The number of hydrogen-bond acceptors (Lipinski definition) is 9. The van der Waals surface area contributed by atoms with Gasteiger partial charge in [-0.1, -0.05) is 28.9 Å². The predicted octanol–water partition coefficient (Wildman–Crippen LogP) is 1.23. The molecule has 0 aliphatic heterocycles. The normalized spacial score (nSPS) is 15.0. The molecule has 0 atom stereocenters. The molecule has 0 aromatic carbocycles. The lowest BCUT2D eigenvalue weighted by molar-refractivity contribution is -0.112. The van der Waals surface area contributed by atoms with Crippen LogP contribution in [0.5, 0.6) is 0 Å². The van der Waals surface area contributed by atoms with E-state index < -0.39 is 21.5 Å². The first-order valence-corrected chi connectivity index (χ1v) is 10.5. The molecule has 2 aromatic rings.